The number of hydrogen-bond donors (Lipinski definition) is 4. The Balaban J connectivity index is 1.41. The number of likely N-dealkylation sites (tertiary alicyclic amines) is 1. The Morgan fingerprint density at radius 3 is 2.87 bits per heavy atom. The van der Waals surface area contributed by atoms with Crippen molar-refractivity contribution >= 4 is 5.97 Å². The zero-order valence-electron chi connectivity index (χ0n) is 17.8. The summed E-state index contributed by atoms with van der Waals surface area (Å²) in [6, 6.07) is 2.56. The molecule has 2 aliphatic heterocycles. The molecule has 7 nitrogen and oxygen atoms in total. The van der Waals surface area contributed by atoms with Crippen molar-refractivity contribution in [2.24, 2.45) is 11.8 Å². The van der Waals surface area contributed by atoms with E-state index in [1.165, 1.54) is 30.5 Å². The lowest BCUT2D eigenvalue weighted by atomic mass is 9.51. The third-order valence-electron chi connectivity index (χ3n) is 8.73. The molecular weight excluding hydrogens is 396 g/mol. The van der Waals surface area contributed by atoms with Crippen LogP contribution < -0.4 is 10.1 Å². The fraction of sp³-hybridized carbons (Fsp3) is 0.708. The quantitative estimate of drug-likeness (QED) is 0.525. The van der Waals surface area contributed by atoms with Crippen LogP contribution in [-0.2, 0) is 23.2 Å². The van der Waals surface area contributed by atoms with Gasteiger partial charge in [-0.05, 0) is 68.5 Å². The molecule has 1 aromatic carbocycles. The molecule has 2 heterocycles. The average molecular weight is 429 g/mol. The van der Waals surface area contributed by atoms with Crippen molar-refractivity contribution in [3.63, 3.8) is 0 Å². The molecule has 1 saturated heterocycles. The van der Waals surface area contributed by atoms with Gasteiger partial charge in [0.05, 0.1) is 13.0 Å². The second kappa shape index (κ2) is 7.09. The minimum Gasteiger partial charge on any atom is -0.504 e. The van der Waals surface area contributed by atoms with Crippen LogP contribution in [0.4, 0.5) is 0 Å². The number of aromatic hydroxyl groups is 1. The van der Waals surface area contributed by atoms with Gasteiger partial charge in [0, 0.05) is 41.7 Å². The zero-order valence-corrected chi connectivity index (χ0v) is 17.8. The monoisotopic (exact) mass is 428 g/mol. The number of ether oxygens (including phenoxy) is 1. The van der Waals surface area contributed by atoms with Crippen molar-refractivity contribution in [1.29, 1.82) is 0 Å². The predicted octanol–water partition coefficient (Wildman–Crippen LogP) is 1.77. The zero-order chi connectivity index (χ0) is 21.3. The number of aliphatic hydroxyl groups excluding tert-OH is 1. The minimum atomic E-state index is -0.798. The lowest BCUT2D eigenvalue weighted by molar-refractivity contribution is -0.137. The van der Waals surface area contributed by atoms with Gasteiger partial charge in [0.15, 0.2) is 11.5 Å². The number of piperidine rings is 1. The number of carboxylic acid groups (broad SMARTS) is 1. The number of nitrogens with zero attached hydrogens (tertiary/aromatic N) is 1. The second-order valence-corrected chi connectivity index (χ2v) is 10.3. The highest BCUT2D eigenvalue weighted by molar-refractivity contribution is 5.67. The van der Waals surface area contributed by atoms with E-state index < -0.39 is 5.97 Å². The molecule has 0 amide bonds. The Kier molecular flexibility index (Phi) is 4.53. The second-order valence-electron chi connectivity index (χ2n) is 10.3. The Labute approximate surface area is 182 Å². The van der Waals surface area contributed by atoms with Crippen LogP contribution in [0.5, 0.6) is 11.5 Å². The Bertz CT molecular complexity index is 916. The Morgan fingerprint density at radius 1 is 1.29 bits per heavy atom. The van der Waals surface area contributed by atoms with E-state index in [4.69, 9.17) is 9.84 Å². The number of hydrogen-bond acceptors (Lipinski definition) is 6. The highest BCUT2D eigenvalue weighted by Gasteiger charge is 2.65. The highest BCUT2D eigenvalue weighted by Crippen LogP contribution is 2.64. The van der Waals surface area contributed by atoms with Crippen molar-refractivity contribution < 1.29 is 24.9 Å². The van der Waals surface area contributed by atoms with Gasteiger partial charge in [0.1, 0.15) is 6.10 Å². The first kappa shape index (κ1) is 19.8. The smallest absolute Gasteiger partial charge is 0.304 e. The number of carboxylic acids is 1. The SMILES string of the molecule is O=C(O)CCNC1CC[C@H]2[C@H]3Cc4cc(CO)c(O)c5c4[C@@]2(CCN3CC2CC2)C1O5. The molecule has 7 heteroatoms. The van der Waals surface area contributed by atoms with Crippen LogP contribution in [0.15, 0.2) is 6.07 Å². The summed E-state index contributed by atoms with van der Waals surface area (Å²) < 4.78 is 6.56. The molecule has 6 rings (SSSR count). The molecule has 1 aromatic rings. The van der Waals surface area contributed by atoms with Crippen molar-refractivity contribution in [1.82, 2.24) is 10.2 Å². The van der Waals surface area contributed by atoms with E-state index in [1.807, 2.05) is 6.07 Å². The van der Waals surface area contributed by atoms with E-state index >= 15 is 0 Å². The lowest BCUT2D eigenvalue weighted by Gasteiger charge is -2.59. The summed E-state index contributed by atoms with van der Waals surface area (Å²) in [5, 5.41) is 33.3. The summed E-state index contributed by atoms with van der Waals surface area (Å²) in [7, 11) is 0. The maximum Gasteiger partial charge on any atom is 0.304 e. The maximum atomic E-state index is 11.0. The standard InChI is InChI=1S/C24H32N2O5/c27-12-15-9-14-10-18-16-3-4-17(25-7-5-19(28)29)23-24(16,20(14)22(31-23)21(15)30)6-8-26(18)11-13-1-2-13/h9,13,16-18,23,25,27,30H,1-8,10-12H2,(H,28,29)/t16-,17?,18+,23?,24-/m0/s1. The van der Waals surface area contributed by atoms with Crippen LogP contribution in [0.25, 0.3) is 0 Å². The van der Waals surface area contributed by atoms with Crippen molar-refractivity contribution in [3.8, 4) is 11.5 Å². The van der Waals surface area contributed by atoms with Gasteiger partial charge in [0.2, 0.25) is 0 Å². The van der Waals surface area contributed by atoms with E-state index in [0.29, 0.717) is 29.8 Å². The van der Waals surface area contributed by atoms with Gasteiger partial charge in [-0.1, -0.05) is 0 Å². The first-order valence-corrected chi connectivity index (χ1v) is 11.9. The molecule has 0 aromatic heterocycles. The van der Waals surface area contributed by atoms with Crippen LogP contribution in [-0.4, -0.2) is 64.0 Å². The van der Waals surface area contributed by atoms with Gasteiger partial charge in [-0.15, -0.1) is 0 Å². The molecule has 5 aliphatic rings. The highest BCUT2D eigenvalue weighted by atomic mass is 16.5. The normalized spacial score (nSPS) is 35.5. The van der Waals surface area contributed by atoms with Crippen LogP contribution in [0.1, 0.15) is 55.2 Å². The van der Waals surface area contributed by atoms with E-state index in [0.717, 1.165) is 38.1 Å². The first-order valence-electron chi connectivity index (χ1n) is 11.9. The summed E-state index contributed by atoms with van der Waals surface area (Å²) in [4.78, 5) is 13.8. The Hall–Kier alpha value is -1.83. The topological polar surface area (TPSA) is 102 Å². The van der Waals surface area contributed by atoms with Gasteiger partial charge < -0.3 is 25.4 Å². The van der Waals surface area contributed by atoms with Crippen LogP contribution >= 0.6 is 0 Å². The predicted molar refractivity (Wildman–Crippen MR) is 113 cm³/mol. The van der Waals surface area contributed by atoms with Crippen LogP contribution in [0.3, 0.4) is 0 Å². The van der Waals surface area contributed by atoms with Gasteiger partial charge in [-0.3, -0.25) is 9.69 Å². The van der Waals surface area contributed by atoms with Crippen molar-refractivity contribution in [2.45, 2.75) is 75.2 Å². The molecule has 168 valence electrons. The molecule has 2 saturated carbocycles. The fourth-order valence-corrected chi connectivity index (χ4v) is 7.31. The molecule has 5 atom stereocenters. The first-order chi connectivity index (χ1) is 15.0. The lowest BCUT2D eigenvalue weighted by Crippen LogP contribution is -2.68. The molecule has 2 unspecified atom stereocenters. The molecule has 0 radical (unpaired) electrons. The third-order valence-corrected chi connectivity index (χ3v) is 8.73. The number of benzene rings is 1. The molecule has 1 spiro atoms. The third kappa shape index (κ3) is 2.86. The van der Waals surface area contributed by atoms with E-state index in [2.05, 4.69) is 10.2 Å². The molecule has 4 N–H and O–H groups in total. The molecule has 3 aliphatic carbocycles. The Morgan fingerprint density at radius 2 is 2.13 bits per heavy atom. The average Bonchev–Trinajstić information content (AvgIpc) is 3.49. The van der Waals surface area contributed by atoms with Gasteiger partial charge in [0.25, 0.3) is 0 Å². The van der Waals surface area contributed by atoms with E-state index in [9.17, 15) is 15.0 Å². The summed E-state index contributed by atoms with van der Waals surface area (Å²) in [6.45, 7) is 2.47. The van der Waals surface area contributed by atoms with E-state index in [-0.39, 0.29) is 36.3 Å². The van der Waals surface area contributed by atoms with Gasteiger partial charge >= 0.3 is 5.97 Å². The molecule has 2 bridgehead atoms. The van der Waals surface area contributed by atoms with Gasteiger partial charge in [-0.25, -0.2) is 0 Å². The molecule has 3 fully saturated rings. The number of phenols is 1. The fourth-order valence-electron chi connectivity index (χ4n) is 7.31. The molecule has 31 heavy (non-hydrogen) atoms. The van der Waals surface area contributed by atoms with E-state index in [1.54, 1.807) is 0 Å². The number of aliphatic carboxylic acids is 1. The van der Waals surface area contributed by atoms with Crippen molar-refractivity contribution in [3.05, 3.63) is 22.8 Å². The minimum absolute atomic E-state index is 0.0709. The number of nitrogens with one attached hydrogen (secondary N) is 1. The number of aliphatic hydroxyl groups is 1. The van der Waals surface area contributed by atoms with Crippen LogP contribution in [0, 0.1) is 11.8 Å². The number of rotatable bonds is 7. The molecular formula is C24H32N2O5. The largest absolute Gasteiger partial charge is 0.504 e. The summed E-state index contributed by atoms with van der Waals surface area (Å²) in [5.41, 5.74) is 2.83. The summed E-state index contributed by atoms with van der Waals surface area (Å²) >= 11 is 0. The van der Waals surface area contributed by atoms with Gasteiger partial charge in [-0.2, -0.15) is 0 Å². The number of carbonyl (C=O) groups is 1. The van der Waals surface area contributed by atoms with Crippen LogP contribution in [0.2, 0.25) is 0 Å². The van der Waals surface area contributed by atoms with Crippen molar-refractivity contribution in [2.75, 3.05) is 19.6 Å². The summed E-state index contributed by atoms with van der Waals surface area (Å²) in [6.07, 6.45) is 6.73. The maximum absolute atomic E-state index is 11.0. The summed E-state index contributed by atoms with van der Waals surface area (Å²) in [5.74, 6) is 1.22.